The quantitative estimate of drug-likeness (QED) is 0.811. The van der Waals surface area contributed by atoms with Gasteiger partial charge in [-0.15, -0.1) is 0 Å². The van der Waals surface area contributed by atoms with Crippen LogP contribution in [0.15, 0.2) is 18.2 Å². The molecule has 5 rings (SSSR count). The van der Waals surface area contributed by atoms with E-state index in [0.29, 0.717) is 18.2 Å². The van der Waals surface area contributed by atoms with Crippen LogP contribution in [-0.2, 0) is 16.0 Å². The van der Waals surface area contributed by atoms with Crippen LogP contribution in [0.25, 0.3) is 0 Å². The van der Waals surface area contributed by atoms with Gasteiger partial charge in [0.25, 0.3) is 0 Å². The highest BCUT2D eigenvalue weighted by atomic mass is 16.7. The van der Waals surface area contributed by atoms with E-state index in [1.54, 1.807) is 0 Å². The third-order valence-electron chi connectivity index (χ3n) is 7.00. The maximum absolute atomic E-state index is 13.1. The average Bonchev–Trinajstić information content (AvgIpc) is 3.34. The van der Waals surface area contributed by atoms with Crippen molar-refractivity contribution < 1.29 is 19.1 Å². The first kappa shape index (κ1) is 18.7. The van der Waals surface area contributed by atoms with E-state index < -0.39 is 6.04 Å². The Hall–Kier alpha value is -2.28. The number of nitrogens with zero attached hydrogens (tertiary/aromatic N) is 2. The SMILES string of the molecule is CC(=O)NC(Cc1ccc2c(c1)OCO2)C(=O)N1CC(N2C[C@H]3CCC[C@H]3C2)C1. The summed E-state index contributed by atoms with van der Waals surface area (Å²) in [6.07, 6.45) is 4.58. The Labute approximate surface area is 171 Å². The van der Waals surface area contributed by atoms with Crippen LogP contribution in [0, 0.1) is 11.8 Å². The fourth-order valence-electron chi connectivity index (χ4n) is 5.41. The molecule has 1 unspecified atom stereocenters. The summed E-state index contributed by atoms with van der Waals surface area (Å²) in [6.45, 7) is 5.63. The van der Waals surface area contributed by atoms with E-state index in [4.69, 9.17) is 9.47 Å². The van der Waals surface area contributed by atoms with E-state index in [0.717, 1.165) is 36.2 Å². The molecule has 156 valence electrons. The molecule has 1 N–H and O–H groups in total. The number of ether oxygens (including phenoxy) is 2. The zero-order valence-corrected chi connectivity index (χ0v) is 16.9. The highest BCUT2D eigenvalue weighted by Crippen LogP contribution is 2.39. The summed E-state index contributed by atoms with van der Waals surface area (Å²) in [7, 11) is 0. The van der Waals surface area contributed by atoms with Crippen LogP contribution >= 0.6 is 0 Å². The topological polar surface area (TPSA) is 71.1 Å². The molecule has 4 aliphatic rings. The molecular formula is C22H29N3O4. The Morgan fingerprint density at radius 3 is 2.55 bits per heavy atom. The Balaban J connectivity index is 1.20. The number of likely N-dealkylation sites (tertiary alicyclic amines) is 2. The molecule has 1 aromatic carbocycles. The molecule has 1 saturated carbocycles. The van der Waals surface area contributed by atoms with E-state index in [-0.39, 0.29) is 18.6 Å². The molecule has 29 heavy (non-hydrogen) atoms. The minimum atomic E-state index is -0.549. The molecule has 7 nitrogen and oxygen atoms in total. The number of rotatable bonds is 5. The van der Waals surface area contributed by atoms with Crippen LogP contribution < -0.4 is 14.8 Å². The average molecular weight is 399 g/mol. The van der Waals surface area contributed by atoms with Crippen molar-refractivity contribution in [2.75, 3.05) is 33.0 Å². The Morgan fingerprint density at radius 2 is 1.83 bits per heavy atom. The third kappa shape index (κ3) is 3.68. The van der Waals surface area contributed by atoms with Crippen molar-refractivity contribution >= 4 is 11.8 Å². The molecule has 7 heteroatoms. The molecule has 1 aliphatic carbocycles. The molecule has 1 aromatic rings. The lowest BCUT2D eigenvalue weighted by Gasteiger charge is -2.45. The van der Waals surface area contributed by atoms with Crippen LogP contribution in [0.3, 0.4) is 0 Å². The van der Waals surface area contributed by atoms with Gasteiger partial charge < -0.3 is 19.7 Å². The standard InChI is InChI=1S/C22H29N3O4/c1-14(26)23-19(7-15-5-6-20-21(8-15)29-13-28-20)22(27)25-11-18(12-25)24-9-16-3-2-4-17(16)10-24/h5-6,8,16-19H,2-4,7,9-13H2,1H3,(H,23,26)/t16-,17+,19?. The number of carbonyl (C=O) groups excluding carboxylic acids is 2. The fourth-order valence-corrected chi connectivity index (χ4v) is 5.41. The van der Waals surface area contributed by atoms with Crippen LogP contribution in [0.4, 0.5) is 0 Å². The van der Waals surface area contributed by atoms with Crippen LogP contribution in [0.2, 0.25) is 0 Å². The first-order valence-electron chi connectivity index (χ1n) is 10.8. The van der Waals surface area contributed by atoms with Gasteiger partial charge in [-0.2, -0.15) is 0 Å². The van der Waals surface area contributed by atoms with E-state index in [1.165, 1.54) is 39.3 Å². The van der Waals surface area contributed by atoms with Crippen molar-refractivity contribution in [3.8, 4) is 11.5 Å². The molecule has 3 heterocycles. The second-order valence-corrected chi connectivity index (χ2v) is 8.95. The van der Waals surface area contributed by atoms with E-state index in [9.17, 15) is 9.59 Å². The van der Waals surface area contributed by atoms with E-state index in [1.807, 2.05) is 23.1 Å². The Bertz CT molecular complexity index is 795. The molecule has 0 spiro atoms. The van der Waals surface area contributed by atoms with Crippen molar-refractivity contribution in [1.82, 2.24) is 15.1 Å². The predicted molar refractivity (Wildman–Crippen MR) is 107 cm³/mol. The molecule has 3 fully saturated rings. The van der Waals surface area contributed by atoms with Gasteiger partial charge in [0.05, 0.1) is 0 Å². The van der Waals surface area contributed by atoms with Crippen LogP contribution in [-0.4, -0.2) is 66.7 Å². The Kier molecular flexibility index (Phi) is 4.86. The summed E-state index contributed by atoms with van der Waals surface area (Å²) >= 11 is 0. The van der Waals surface area contributed by atoms with Crippen molar-refractivity contribution in [3.63, 3.8) is 0 Å². The van der Waals surface area contributed by atoms with Gasteiger partial charge in [0.15, 0.2) is 11.5 Å². The summed E-state index contributed by atoms with van der Waals surface area (Å²) in [5, 5.41) is 2.85. The number of amides is 2. The van der Waals surface area contributed by atoms with E-state index >= 15 is 0 Å². The second-order valence-electron chi connectivity index (χ2n) is 8.95. The first-order chi connectivity index (χ1) is 14.1. The van der Waals surface area contributed by atoms with Gasteiger partial charge in [-0.25, -0.2) is 0 Å². The molecule has 2 amide bonds. The largest absolute Gasteiger partial charge is 0.454 e. The normalized spacial score (nSPS) is 26.9. The lowest BCUT2D eigenvalue weighted by Crippen LogP contribution is -2.64. The zero-order chi connectivity index (χ0) is 20.0. The van der Waals surface area contributed by atoms with Crippen molar-refractivity contribution in [2.24, 2.45) is 11.8 Å². The number of benzene rings is 1. The molecule has 0 bridgehead atoms. The maximum atomic E-state index is 13.1. The third-order valence-corrected chi connectivity index (χ3v) is 7.00. The van der Waals surface area contributed by atoms with Gasteiger partial charge in [-0.3, -0.25) is 14.5 Å². The summed E-state index contributed by atoms with van der Waals surface area (Å²) in [4.78, 5) is 29.3. The lowest BCUT2D eigenvalue weighted by molar-refractivity contribution is -0.142. The molecule has 3 aliphatic heterocycles. The number of fused-ring (bicyclic) bond motifs is 2. The van der Waals surface area contributed by atoms with Crippen LogP contribution in [0.1, 0.15) is 31.7 Å². The van der Waals surface area contributed by atoms with Crippen molar-refractivity contribution in [2.45, 2.75) is 44.7 Å². The summed E-state index contributed by atoms with van der Waals surface area (Å²) < 4.78 is 10.8. The van der Waals surface area contributed by atoms with Gasteiger partial charge in [0.1, 0.15) is 6.04 Å². The van der Waals surface area contributed by atoms with Gasteiger partial charge in [-0.1, -0.05) is 12.5 Å². The smallest absolute Gasteiger partial charge is 0.245 e. The van der Waals surface area contributed by atoms with Crippen LogP contribution in [0.5, 0.6) is 11.5 Å². The predicted octanol–water partition coefficient (Wildman–Crippen LogP) is 1.41. The minimum Gasteiger partial charge on any atom is -0.454 e. The highest BCUT2D eigenvalue weighted by Gasteiger charge is 2.44. The van der Waals surface area contributed by atoms with Crippen molar-refractivity contribution in [3.05, 3.63) is 23.8 Å². The van der Waals surface area contributed by atoms with Crippen molar-refractivity contribution in [1.29, 1.82) is 0 Å². The summed E-state index contributed by atoms with van der Waals surface area (Å²) in [5.74, 6) is 2.98. The number of hydrogen-bond donors (Lipinski definition) is 1. The molecule has 3 atom stereocenters. The molecule has 2 saturated heterocycles. The van der Waals surface area contributed by atoms with E-state index in [2.05, 4.69) is 10.2 Å². The summed E-state index contributed by atoms with van der Waals surface area (Å²) in [6, 6.07) is 5.61. The Morgan fingerprint density at radius 1 is 1.10 bits per heavy atom. The minimum absolute atomic E-state index is 0.00788. The van der Waals surface area contributed by atoms with Gasteiger partial charge in [0, 0.05) is 45.6 Å². The number of carbonyl (C=O) groups is 2. The molecule has 0 radical (unpaired) electrons. The second kappa shape index (κ2) is 7.52. The molecular weight excluding hydrogens is 370 g/mol. The fraction of sp³-hybridized carbons (Fsp3) is 0.636. The maximum Gasteiger partial charge on any atom is 0.245 e. The monoisotopic (exact) mass is 399 g/mol. The summed E-state index contributed by atoms with van der Waals surface area (Å²) in [5.41, 5.74) is 0.950. The highest BCUT2D eigenvalue weighted by molar-refractivity contribution is 5.87. The van der Waals surface area contributed by atoms with Gasteiger partial charge >= 0.3 is 0 Å². The number of hydrogen-bond acceptors (Lipinski definition) is 5. The number of nitrogens with one attached hydrogen (secondary N) is 1. The zero-order valence-electron chi connectivity index (χ0n) is 16.9. The lowest BCUT2D eigenvalue weighted by atomic mass is 10.0. The first-order valence-corrected chi connectivity index (χ1v) is 10.8. The van der Waals surface area contributed by atoms with Gasteiger partial charge in [-0.05, 0) is 42.4 Å². The van der Waals surface area contributed by atoms with Gasteiger partial charge in [0.2, 0.25) is 18.6 Å². The molecule has 0 aromatic heterocycles.